The van der Waals surface area contributed by atoms with Gasteiger partial charge in [0.15, 0.2) is 6.10 Å². The van der Waals surface area contributed by atoms with Gasteiger partial charge >= 0.3 is 0 Å². The SMILES string of the molecule is N#CC1CN(c2ccc3cc([N+](=O)[O-])ccc3n2)CCO1. The predicted molar refractivity (Wildman–Crippen MR) is 76.0 cm³/mol. The van der Waals surface area contributed by atoms with Gasteiger partial charge in [-0.2, -0.15) is 5.26 Å². The lowest BCUT2D eigenvalue weighted by molar-refractivity contribution is -0.384. The van der Waals surface area contributed by atoms with Gasteiger partial charge in [-0.3, -0.25) is 10.1 Å². The van der Waals surface area contributed by atoms with Crippen LogP contribution >= 0.6 is 0 Å². The number of nitriles is 1. The average Bonchev–Trinajstić information content (AvgIpc) is 2.53. The Hall–Kier alpha value is -2.72. The van der Waals surface area contributed by atoms with E-state index >= 15 is 0 Å². The minimum atomic E-state index is -0.451. The summed E-state index contributed by atoms with van der Waals surface area (Å²) in [5.74, 6) is 0.750. The molecule has 1 aromatic carbocycles. The van der Waals surface area contributed by atoms with Crippen molar-refractivity contribution in [2.45, 2.75) is 6.10 Å². The van der Waals surface area contributed by atoms with E-state index in [1.807, 2.05) is 17.0 Å². The number of anilines is 1. The van der Waals surface area contributed by atoms with Gasteiger partial charge in [-0.25, -0.2) is 4.98 Å². The first-order valence-corrected chi connectivity index (χ1v) is 6.49. The molecule has 0 spiro atoms. The van der Waals surface area contributed by atoms with Gasteiger partial charge in [0.1, 0.15) is 5.82 Å². The van der Waals surface area contributed by atoms with Crippen LogP contribution in [0.2, 0.25) is 0 Å². The third-order valence-corrected chi connectivity index (χ3v) is 3.40. The summed E-state index contributed by atoms with van der Waals surface area (Å²) in [5.41, 5.74) is 0.742. The largest absolute Gasteiger partial charge is 0.360 e. The highest BCUT2D eigenvalue weighted by molar-refractivity contribution is 5.82. The molecule has 0 N–H and O–H groups in total. The van der Waals surface area contributed by atoms with E-state index in [2.05, 4.69) is 11.1 Å². The normalized spacial score (nSPS) is 18.4. The topological polar surface area (TPSA) is 92.3 Å². The lowest BCUT2D eigenvalue weighted by atomic mass is 10.2. The standard InChI is InChI=1S/C14H12N4O3/c15-8-12-9-17(5-6-21-12)14-4-1-10-7-11(18(19)20)2-3-13(10)16-14/h1-4,7,12H,5-6,9H2. The van der Waals surface area contributed by atoms with E-state index in [1.54, 1.807) is 6.07 Å². The number of nitro groups is 1. The summed E-state index contributed by atoms with van der Waals surface area (Å²) in [5, 5.41) is 20.4. The number of ether oxygens (including phenoxy) is 1. The Kier molecular flexibility index (Phi) is 3.38. The van der Waals surface area contributed by atoms with Gasteiger partial charge in [0.05, 0.1) is 29.7 Å². The van der Waals surface area contributed by atoms with Crippen LogP contribution in [0, 0.1) is 21.4 Å². The van der Waals surface area contributed by atoms with Crippen molar-refractivity contribution in [2.75, 3.05) is 24.6 Å². The van der Waals surface area contributed by atoms with Crippen LogP contribution in [-0.4, -0.2) is 35.7 Å². The number of benzene rings is 1. The molecule has 21 heavy (non-hydrogen) atoms. The number of fused-ring (bicyclic) bond motifs is 1. The zero-order chi connectivity index (χ0) is 14.8. The molecule has 1 fully saturated rings. The van der Waals surface area contributed by atoms with E-state index in [0.29, 0.717) is 25.2 Å². The number of pyridine rings is 1. The Morgan fingerprint density at radius 3 is 3.05 bits per heavy atom. The van der Waals surface area contributed by atoms with Crippen LogP contribution in [0.15, 0.2) is 30.3 Å². The van der Waals surface area contributed by atoms with Crippen LogP contribution in [0.1, 0.15) is 0 Å². The molecule has 0 amide bonds. The number of hydrogen-bond acceptors (Lipinski definition) is 6. The Labute approximate surface area is 120 Å². The average molecular weight is 284 g/mol. The second-order valence-electron chi connectivity index (χ2n) is 4.74. The minimum Gasteiger partial charge on any atom is -0.360 e. The Morgan fingerprint density at radius 1 is 1.43 bits per heavy atom. The van der Waals surface area contributed by atoms with Crippen LogP contribution in [0.4, 0.5) is 11.5 Å². The van der Waals surface area contributed by atoms with Crippen molar-refractivity contribution in [3.8, 4) is 6.07 Å². The van der Waals surface area contributed by atoms with Crippen molar-refractivity contribution < 1.29 is 9.66 Å². The van der Waals surface area contributed by atoms with Crippen molar-refractivity contribution in [1.82, 2.24) is 4.98 Å². The van der Waals surface area contributed by atoms with Crippen LogP contribution < -0.4 is 4.90 Å². The van der Waals surface area contributed by atoms with Gasteiger partial charge < -0.3 is 9.64 Å². The highest BCUT2D eigenvalue weighted by atomic mass is 16.6. The van der Waals surface area contributed by atoms with E-state index in [9.17, 15) is 10.1 Å². The number of non-ortho nitro benzene ring substituents is 1. The molecular weight excluding hydrogens is 272 g/mol. The van der Waals surface area contributed by atoms with Crippen molar-refractivity contribution in [2.24, 2.45) is 0 Å². The molecule has 2 aromatic rings. The Bertz CT molecular complexity index is 741. The van der Waals surface area contributed by atoms with Gasteiger partial charge in [0, 0.05) is 24.1 Å². The van der Waals surface area contributed by atoms with Crippen molar-refractivity contribution in [1.29, 1.82) is 5.26 Å². The molecule has 2 heterocycles. The lowest BCUT2D eigenvalue weighted by Crippen LogP contribution is -2.42. The van der Waals surface area contributed by atoms with Crippen LogP contribution in [-0.2, 0) is 4.74 Å². The van der Waals surface area contributed by atoms with Gasteiger partial charge in [-0.05, 0) is 18.2 Å². The molecule has 1 saturated heterocycles. The van der Waals surface area contributed by atoms with Gasteiger partial charge in [-0.15, -0.1) is 0 Å². The number of hydrogen-bond donors (Lipinski definition) is 0. The van der Waals surface area contributed by atoms with E-state index < -0.39 is 11.0 Å². The molecule has 1 unspecified atom stereocenters. The van der Waals surface area contributed by atoms with Crippen LogP contribution in [0.5, 0.6) is 0 Å². The van der Waals surface area contributed by atoms with E-state index in [0.717, 1.165) is 11.2 Å². The monoisotopic (exact) mass is 284 g/mol. The first kappa shape index (κ1) is 13.3. The molecule has 0 bridgehead atoms. The maximum atomic E-state index is 10.8. The molecule has 1 aromatic heterocycles. The van der Waals surface area contributed by atoms with Crippen molar-refractivity contribution in [3.63, 3.8) is 0 Å². The number of morpholine rings is 1. The Balaban J connectivity index is 1.92. The van der Waals surface area contributed by atoms with Gasteiger partial charge in [-0.1, -0.05) is 0 Å². The predicted octanol–water partition coefficient (Wildman–Crippen LogP) is 1.87. The quantitative estimate of drug-likeness (QED) is 0.617. The van der Waals surface area contributed by atoms with Gasteiger partial charge in [0.25, 0.3) is 5.69 Å². The third kappa shape index (κ3) is 2.61. The molecule has 106 valence electrons. The Morgan fingerprint density at radius 2 is 2.29 bits per heavy atom. The van der Waals surface area contributed by atoms with Crippen molar-refractivity contribution >= 4 is 22.4 Å². The molecule has 1 aliphatic rings. The fraction of sp³-hybridized carbons (Fsp3) is 0.286. The van der Waals surface area contributed by atoms with Gasteiger partial charge in [0.2, 0.25) is 0 Å². The van der Waals surface area contributed by atoms with E-state index in [-0.39, 0.29) is 5.69 Å². The van der Waals surface area contributed by atoms with E-state index in [4.69, 9.17) is 10.00 Å². The first-order valence-electron chi connectivity index (χ1n) is 6.49. The minimum absolute atomic E-state index is 0.0490. The van der Waals surface area contributed by atoms with Crippen molar-refractivity contribution in [3.05, 3.63) is 40.4 Å². The molecule has 7 heteroatoms. The molecule has 3 rings (SSSR count). The molecule has 7 nitrogen and oxygen atoms in total. The highest BCUT2D eigenvalue weighted by Gasteiger charge is 2.21. The number of aromatic nitrogens is 1. The highest BCUT2D eigenvalue weighted by Crippen LogP contribution is 2.23. The van der Waals surface area contributed by atoms with Crippen LogP contribution in [0.25, 0.3) is 10.9 Å². The first-order chi connectivity index (χ1) is 10.2. The van der Waals surface area contributed by atoms with E-state index in [1.165, 1.54) is 12.1 Å². The summed E-state index contributed by atoms with van der Waals surface area (Å²) in [6, 6.07) is 10.3. The molecule has 0 saturated carbocycles. The smallest absolute Gasteiger partial charge is 0.270 e. The summed E-state index contributed by atoms with van der Waals surface area (Å²) in [4.78, 5) is 16.8. The van der Waals surface area contributed by atoms with Crippen LogP contribution in [0.3, 0.4) is 0 Å². The molecule has 0 aliphatic carbocycles. The summed E-state index contributed by atoms with van der Waals surface area (Å²) >= 11 is 0. The molecular formula is C14H12N4O3. The maximum Gasteiger partial charge on any atom is 0.270 e. The zero-order valence-corrected chi connectivity index (χ0v) is 11.1. The number of nitro benzene ring substituents is 1. The fourth-order valence-corrected chi connectivity index (χ4v) is 2.33. The summed E-state index contributed by atoms with van der Waals surface area (Å²) in [6.07, 6.45) is -0.451. The molecule has 0 radical (unpaired) electrons. The number of nitrogens with zero attached hydrogens (tertiary/aromatic N) is 4. The number of rotatable bonds is 2. The summed E-state index contributed by atoms with van der Waals surface area (Å²) in [7, 11) is 0. The fourth-order valence-electron chi connectivity index (χ4n) is 2.33. The second-order valence-corrected chi connectivity index (χ2v) is 4.74. The molecule has 1 atom stereocenters. The summed E-state index contributed by atoms with van der Waals surface area (Å²) in [6.45, 7) is 1.63. The molecule has 1 aliphatic heterocycles. The maximum absolute atomic E-state index is 10.8. The lowest BCUT2D eigenvalue weighted by Gasteiger charge is -2.30. The zero-order valence-electron chi connectivity index (χ0n) is 11.1. The summed E-state index contributed by atoms with van der Waals surface area (Å²) < 4.78 is 5.30. The third-order valence-electron chi connectivity index (χ3n) is 3.40. The second kappa shape index (κ2) is 5.34.